The number of allylic oxidation sites excluding steroid dienone is 4. The van der Waals surface area contributed by atoms with Gasteiger partial charge in [-0.25, -0.2) is 0 Å². The molecule has 0 aliphatic heterocycles. The second-order valence-electron chi connectivity index (χ2n) is 13.2. The maximum Gasteiger partial charge on any atom is 0.135 e. The third kappa shape index (κ3) is 5.48. The van der Waals surface area contributed by atoms with E-state index in [0.29, 0.717) is 0 Å². The van der Waals surface area contributed by atoms with Gasteiger partial charge in [0.05, 0.1) is 11.0 Å². The molecule has 0 radical (unpaired) electrons. The van der Waals surface area contributed by atoms with Gasteiger partial charge in [-0.05, 0) is 114 Å². The van der Waals surface area contributed by atoms with Gasteiger partial charge in [0.15, 0.2) is 0 Å². The van der Waals surface area contributed by atoms with E-state index < -0.39 is 0 Å². The quantitative estimate of drug-likeness (QED) is 0.150. The highest BCUT2D eigenvalue weighted by atomic mass is 16.3. The van der Waals surface area contributed by atoms with Crippen LogP contribution in [0, 0.1) is 0 Å². The molecule has 9 aromatic rings. The number of para-hydroxylation sites is 3. The lowest BCUT2D eigenvalue weighted by Crippen LogP contribution is -2.09. The number of aromatic nitrogens is 1. The van der Waals surface area contributed by atoms with Gasteiger partial charge in [0, 0.05) is 44.3 Å². The van der Waals surface area contributed by atoms with E-state index in [-0.39, 0.29) is 0 Å². The summed E-state index contributed by atoms with van der Waals surface area (Å²) in [6, 6.07) is 58.7. The molecule has 0 unspecified atom stereocenters. The van der Waals surface area contributed by atoms with Crippen molar-refractivity contribution in [3.05, 3.63) is 188 Å². The molecule has 0 amide bonds. The maximum absolute atomic E-state index is 6.37. The first-order chi connectivity index (χ1) is 25.7. The number of nitrogens with zero attached hydrogens (tertiary/aromatic N) is 2. The van der Waals surface area contributed by atoms with Crippen LogP contribution in [0.4, 0.5) is 17.1 Å². The molecule has 0 spiro atoms. The lowest BCUT2D eigenvalue weighted by atomic mass is 10.0. The molecule has 0 N–H and O–H groups in total. The standard InChI is InChI=1S/C49H38N2O/c1-3-5-13-34(4-2)35-20-25-39(26-21-35)50(38-14-7-6-8-15-38)40-27-22-36(23-28-40)37-24-30-48-44(32-37)45-33-41(29-31-49(45)52-48)51-46-18-11-9-16-42(46)43-17-10-12-19-47(43)51/h4-33H,3H2,1-2H3/b13-5-,34-4+. The number of furan rings is 1. The van der Waals surface area contributed by atoms with Gasteiger partial charge in [0.25, 0.3) is 0 Å². The van der Waals surface area contributed by atoms with Crippen molar-refractivity contribution < 1.29 is 4.42 Å². The fourth-order valence-electron chi connectivity index (χ4n) is 7.52. The summed E-state index contributed by atoms with van der Waals surface area (Å²) < 4.78 is 8.73. The molecule has 0 bridgehead atoms. The summed E-state index contributed by atoms with van der Waals surface area (Å²) in [4.78, 5) is 2.31. The molecule has 0 saturated carbocycles. The molecular weight excluding hydrogens is 633 g/mol. The molecule has 7 aromatic carbocycles. The Hall–Kier alpha value is -6.58. The molecule has 2 heterocycles. The van der Waals surface area contributed by atoms with Crippen molar-refractivity contribution in [1.82, 2.24) is 4.57 Å². The molecule has 2 aromatic heterocycles. The highest BCUT2D eigenvalue weighted by molar-refractivity contribution is 6.11. The lowest BCUT2D eigenvalue weighted by Gasteiger charge is -2.26. The minimum Gasteiger partial charge on any atom is -0.456 e. The van der Waals surface area contributed by atoms with Crippen LogP contribution in [0.1, 0.15) is 25.8 Å². The Labute approximate surface area is 304 Å². The van der Waals surface area contributed by atoms with Gasteiger partial charge in [-0.3, -0.25) is 0 Å². The van der Waals surface area contributed by atoms with Crippen LogP contribution in [0.15, 0.2) is 186 Å². The summed E-state index contributed by atoms with van der Waals surface area (Å²) in [5.74, 6) is 0. The highest BCUT2D eigenvalue weighted by Crippen LogP contribution is 2.39. The fourth-order valence-corrected chi connectivity index (χ4v) is 7.52. The van der Waals surface area contributed by atoms with Crippen molar-refractivity contribution in [3.8, 4) is 16.8 Å². The zero-order valence-electron chi connectivity index (χ0n) is 29.3. The van der Waals surface area contributed by atoms with Crippen LogP contribution in [-0.4, -0.2) is 4.57 Å². The minimum absolute atomic E-state index is 0.888. The molecule has 0 aliphatic rings. The predicted octanol–water partition coefficient (Wildman–Crippen LogP) is 14.2. The summed E-state index contributed by atoms with van der Waals surface area (Å²) in [7, 11) is 0. The van der Waals surface area contributed by atoms with E-state index in [1.807, 2.05) is 0 Å². The third-order valence-electron chi connectivity index (χ3n) is 10.1. The van der Waals surface area contributed by atoms with E-state index in [0.717, 1.165) is 62.2 Å². The molecular formula is C49H38N2O. The molecule has 3 heteroatoms. The first-order valence-corrected chi connectivity index (χ1v) is 18.0. The molecule has 52 heavy (non-hydrogen) atoms. The van der Waals surface area contributed by atoms with E-state index in [1.54, 1.807) is 0 Å². The van der Waals surface area contributed by atoms with Crippen LogP contribution in [0.3, 0.4) is 0 Å². The molecule has 3 nitrogen and oxygen atoms in total. The summed E-state index contributed by atoms with van der Waals surface area (Å²) in [5.41, 5.74) is 13.4. The van der Waals surface area contributed by atoms with Crippen LogP contribution >= 0.6 is 0 Å². The number of hydrogen-bond acceptors (Lipinski definition) is 2. The summed E-state index contributed by atoms with van der Waals surface area (Å²) in [6.45, 7) is 4.26. The highest BCUT2D eigenvalue weighted by Gasteiger charge is 2.16. The topological polar surface area (TPSA) is 21.3 Å². The van der Waals surface area contributed by atoms with Crippen LogP contribution < -0.4 is 4.90 Å². The Morgan fingerprint density at radius 1 is 0.558 bits per heavy atom. The Morgan fingerprint density at radius 3 is 1.77 bits per heavy atom. The molecule has 0 fully saturated rings. The van der Waals surface area contributed by atoms with Crippen molar-refractivity contribution in [2.75, 3.05) is 4.90 Å². The molecule has 0 aliphatic carbocycles. The molecule has 0 atom stereocenters. The Bertz CT molecular complexity index is 2710. The summed E-state index contributed by atoms with van der Waals surface area (Å²) in [5, 5.41) is 4.73. The Morgan fingerprint density at radius 2 is 1.12 bits per heavy atom. The number of anilines is 3. The number of benzene rings is 7. The lowest BCUT2D eigenvalue weighted by molar-refractivity contribution is 0.669. The van der Waals surface area contributed by atoms with Crippen LogP contribution in [-0.2, 0) is 0 Å². The molecule has 250 valence electrons. The third-order valence-corrected chi connectivity index (χ3v) is 10.1. The van der Waals surface area contributed by atoms with Crippen molar-refractivity contribution in [2.24, 2.45) is 0 Å². The average Bonchev–Trinajstić information content (AvgIpc) is 3.74. The van der Waals surface area contributed by atoms with Gasteiger partial charge in [-0.1, -0.05) is 110 Å². The predicted molar refractivity (Wildman–Crippen MR) is 221 cm³/mol. The van der Waals surface area contributed by atoms with Crippen LogP contribution in [0.2, 0.25) is 0 Å². The van der Waals surface area contributed by atoms with E-state index in [2.05, 4.69) is 205 Å². The SMILES string of the molecule is C/C=C(\C=C/CC)c1ccc(N(c2ccccc2)c2ccc(-c3ccc4oc5ccc(-n6c7ccccc7c7ccccc76)cc5c4c3)cc2)cc1. The minimum atomic E-state index is 0.888. The van der Waals surface area contributed by atoms with Crippen molar-refractivity contribution in [2.45, 2.75) is 20.3 Å². The second-order valence-corrected chi connectivity index (χ2v) is 13.2. The van der Waals surface area contributed by atoms with Gasteiger partial charge in [0.1, 0.15) is 11.2 Å². The number of rotatable bonds is 8. The monoisotopic (exact) mass is 670 g/mol. The van der Waals surface area contributed by atoms with Gasteiger partial charge in [0.2, 0.25) is 0 Å². The number of fused-ring (bicyclic) bond motifs is 6. The van der Waals surface area contributed by atoms with Crippen molar-refractivity contribution in [3.63, 3.8) is 0 Å². The van der Waals surface area contributed by atoms with Gasteiger partial charge in [-0.15, -0.1) is 0 Å². The summed E-state index contributed by atoms with van der Waals surface area (Å²) >= 11 is 0. The normalized spacial score (nSPS) is 12.2. The maximum atomic E-state index is 6.37. The van der Waals surface area contributed by atoms with Gasteiger partial charge < -0.3 is 13.9 Å². The van der Waals surface area contributed by atoms with Crippen molar-refractivity contribution >= 4 is 66.4 Å². The number of hydrogen-bond donors (Lipinski definition) is 0. The fraction of sp³-hybridized carbons (Fsp3) is 0.0612. The van der Waals surface area contributed by atoms with E-state index in [4.69, 9.17) is 4.42 Å². The van der Waals surface area contributed by atoms with Crippen LogP contribution in [0.5, 0.6) is 0 Å². The summed E-state index contributed by atoms with van der Waals surface area (Å²) in [6.07, 6.45) is 7.60. The second kappa shape index (κ2) is 13.3. The van der Waals surface area contributed by atoms with E-state index in [9.17, 15) is 0 Å². The zero-order chi connectivity index (χ0) is 35.0. The average molecular weight is 671 g/mol. The molecule has 9 rings (SSSR count). The Kier molecular flexibility index (Phi) is 8.02. The largest absolute Gasteiger partial charge is 0.456 e. The van der Waals surface area contributed by atoms with Gasteiger partial charge >= 0.3 is 0 Å². The van der Waals surface area contributed by atoms with E-state index in [1.165, 1.54) is 32.9 Å². The smallest absolute Gasteiger partial charge is 0.135 e. The molecule has 0 saturated heterocycles. The van der Waals surface area contributed by atoms with E-state index >= 15 is 0 Å². The van der Waals surface area contributed by atoms with Crippen LogP contribution in [0.25, 0.3) is 66.1 Å². The van der Waals surface area contributed by atoms with Gasteiger partial charge in [-0.2, -0.15) is 0 Å². The first-order valence-electron chi connectivity index (χ1n) is 18.0. The first kappa shape index (κ1) is 31.4. The Balaban J connectivity index is 1.09. The van der Waals surface area contributed by atoms with Crippen molar-refractivity contribution in [1.29, 1.82) is 0 Å². The zero-order valence-corrected chi connectivity index (χ0v) is 29.3.